The number of carbonyl (C=O) groups excluding carboxylic acids is 6. The van der Waals surface area contributed by atoms with Gasteiger partial charge in [0.1, 0.15) is 0 Å². The van der Waals surface area contributed by atoms with Crippen LogP contribution in [0.2, 0.25) is 0 Å². The van der Waals surface area contributed by atoms with Crippen LogP contribution in [0.4, 0.5) is 0 Å². The van der Waals surface area contributed by atoms with Crippen molar-refractivity contribution < 1.29 is 57.2 Å². The quantitative estimate of drug-likeness (QED) is 0.0183. The molecule has 0 spiro atoms. The Balaban J connectivity index is -0.000000151. The summed E-state index contributed by atoms with van der Waals surface area (Å²) in [6.45, 7) is 17.1. The lowest BCUT2D eigenvalue weighted by Crippen LogP contribution is -2.13. The Morgan fingerprint density at radius 1 is 0.426 bits per heavy atom. The molecule has 0 aromatic heterocycles. The van der Waals surface area contributed by atoms with Crippen LogP contribution in [0.1, 0.15) is 151 Å². The standard InChI is InChI=1S/C11H22O2S.C9H18O2S.2C7H14O2S.C5H10O2S.C4H8O2S/c1-3-5-6-10(4-2)9-13-11(12)7-8-14;1-2-3-4-5-7-11-9(10)6-8-12;1-6(2)5-9-7(8)3-4-10;1-2-3-5-9-7(8)4-6-10;1-2-7-5(6)3-4-8;1-6-4(5)2-3-7/h10,14H,3-9H2,1-2H3;12H,2-8H2,1H3;6,10H,3-5H2,1-2H3;10H,2-6H2,1H3;8H,2-4H2,1H3;7H,2-3H2,1H3. The molecule has 0 aromatic rings. The van der Waals surface area contributed by atoms with Crippen molar-refractivity contribution >= 4 is 112 Å². The largest absolute Gasteiger partial charge is 0.469 e. The molecule has 0 aliphatic rings. The molecule has 1 unspecified atom stereocenters. The van der Waals surface area contributed by atoms with Gasteiger partial charge in [0.15, 0.2) is 0 Å². The maximum atomic E-state index is 11.1. The van der Waals surface area contributed by atoms with E-state index in [2.05, 4.69) is 113 Å². The molecule has 0 heterocycles. The minimum absolute atomic E-state index is 0.116. The van der Waals surface area contributed by atoms with Crippen LogP contribution in [0, 0.1) is 11.8 Å². The smallest absolute Gasteiger partial charge is 0.306 e. The van der Waals surface area contributed by atoms with Crippen LogP contribution in [-0.4, -0.2) is 110 Å². The summed E-state index contributed by atoms with van der Waals surface area (Å²) in [7, 11) is 1.37. The highest BCUT2D eigenvalue weighted by Crippen LogP contribution is 2.13. The normalized spacial score (nSPS) is 10.1. The number of rotatable bonds is 29. The van der Waals surface area contributed by atoms with Crippen LogP contribution in [0.15, 0.2) is 0 Å². The Labute approximate surface area is 404 Å². The van der Waals surface area contributed by atoms with Gasteiger partial charge in [-0.15, -0.1) is 0 Å². The SMILES string of the molecule is CC(C)COC(=O)CCS.CCCCC(CC)COC(=O)CCS.CCCCCCOC(=O)CCS.CCCCOC(=O)CCS.CCOC(=O)CCS.COC(=O)CCS. The summed E-state index contributed by atoms with van der Waals surface area (Å²) in [5.74, 6) is 3.50. The fraction of sp³-hybridized carbons (Fsp3) is 0.860. The fourth-order valence-corrected chi connectivity index (χ4v) is 4.68. The predicted molar refractivity (Wildman–Crippen MR) is 270 cm³/mol. The predicted octanol–water partition coefficient (Wildman–Crippen LogP) is 10.00. The van der Waals surface area contributed by atoms with Gasteiger partial charge in [-0.2, -0.15) is 75.8 Å². The second-order valence-corrected chi connectivity index (χ2v) is 15.9. The summed E-state index contributed by atoms with van der Waals surface area (Å²) < 4.78 is 28.7. The van der Waals surface area contributed by atoms with E-state index in [1.807, 2.05) is 13.8 Å². The van der Waals surface area contributed by atoms with Crippen LogP contribution in [-0.2, 0) is 57.2 Å². The highest BCUT2D eigenvalue weighted by Gasteiger charge is 2.09. The number of thiol groups is 6. The van der Waals surface area contributed by atoms with Crippen molar-refractivity contribution in [2.45, 2.75) is 151 Å². The van der Waals surface area contributed by atoms with Gasteiger partial charge in [-0.3, -0.25) is 28.8 Å². The van der Waals surface area contributed by atoms with Crippen LogP contribution < -0.4 is 0 Å². The molecule has 366 valence electrons. The summed E-state index contributed by atoms with van der Waals surface area (Å²) in [6, 6.07) is 0. The zero-order valence-corrected chi connectivity index (χ0v) is 44.2. The van der Waals surface area contributed by atoms with Crippen LogP contribution in [0.25, 0.3) is 0 Å². The van der Waals surface area contributed by atoms with Crippen molar-refractivity contribution in [2.75, 3.05) is 74.7 Å². The molecule has 0 aliphatic heterocycles. The Bertz CT molecular complexity index is 970. The summed E-state index contributed by atoms with van der Waals surface area (Å²) in [5, 5.41) is 0. The van der Waals surface area contributed by atoms with E-state index in [4.69, 9.17) is 18.9 Å². The molecule has 1 atom stereocenters. The molecule has 0 saturated carbocycles. The van der Waals surface area contributed by atoms with Gasteiger partial charge in [0, 0.05) is 34.5 Å². The number of esters is 6. The number of hydrogen-bond donors (Lipinski definition) is 6. The number of ether oxygens (including phenoxy) is 6. The van der Waals surface area contributed by atoms with Gasteiger partial charge in [-0.1, -0.05) is 86.5 Å². The Hall–Kier alpha value is -1.08. The third kappa shape index (κ3) is 76.6. The number of methoxy groups -OCH3 is 1. The zero-order chi connectivity index (χ0) is 48.0. The van der Waals surface area contributed by atoms with E-state index >= 15 is 0 Å². The molecule has 12 nitrogen and oxygen atoms in total. The number of unbranched alkanes of at least 4 members (excludes halogenated alkanes) is 5. The van der Waals surface area contributed by atoms with Crippen molar-refractivity contribution in [3.63, 3.8) is 0 Å². The van der Waals surface area contributed by atoms with Gasteiger partial charge in [-0.05, 0) is 38.0 Å². The third-order valence-electron chi connectivity index (χ3n) is 7.05. The van der Waals surface area contributed by atoms with Crippen LogP contribution >= 0.6 is 75.8 Å². The first-order chi connectivity index (χ1) is 29.1. The van der Waals surface area contributed by atoms with E-state index in [9.17, 15) is 28.8 Å². The van der Waals surface area contributed by atoms with E-state index in [1.54, 1.807) is 6.92 Å². The molecule has 0 N–H and O–H groups in total. The van der Waals surface area contributed by atoms with Crippen molar-refractivity contribution in [1.29, 1.82) is 0 Å². The minimum Gasteiger partial charge on any atom is -0.469 e. The fourth-order valence-electron chi connectivity index (χ4n) is 3.59. The first kappa shape index (κ1) is 71.5. The molecule has 18 heteroatoms. The average Bonchev–Trinajstić information content (AvgIpc) is 3.22. The second kappa shape index (κ2) is 63.2. The second-order valence-electron chi connectivity index (χ2n) is 13.3. The Morgan fingerprint density at radius 3 is 1.11 bits per heavy atom. The molecular weight excluding hydrogens is 901 g/mol. The highest BCUT2D eigenvalue weighted by atomic mass is 32.1. The summed E-state index contributed by atoms with van der Waals surface area (Å²) in [5.41, 5.74) is 0. The molecule has 0 aliphatic carbocycles. The molecule has 0 aromatic carbocycles. The Morgan fingerprint density at radius 2 is 0.787 bits per heavy atom. The van der Waals surface area contributed by atoms with Crippen LogP contribution in [0.3, 0.4) is 0 Å². The summed E-state index contributed by atoms with van der Waals surface area (Å²) in [4.78, 5) is 63.7. The van der Waals surface area contributed by atoms with Gasteiger partial charge in [-0.25, -0.2) is 0 Å². The molecule has 0 fully saturated rings. The van der Waals surface area contributed by atoms with Crippen LogP contribution in [0.5, 0.6) is 0 Å². The van der Waals surface area contributed by atoms with Gasteiger partial charge in [0.25, 0.3) is 0 Å². The molecular formula is C43H86O12S6. The molecule has 0 radical (unpaired) electrons. The topological polar surface area (TPSA) is 158 Å². The number of carbonyl (C=O) groups is 6. The molecule has 0 amide bonds. The summed E-state index contributed by atoms with van der Waals surface area (Å²) in [6.07, 6.45) is 13.8. The minimum atomic E-state index is -0.199. The maximum absolute atomic E-state index is 11.1. The zero-order valence-electron chi connectivity index (χ0n) is 38.8. The first-order valence-electron chi connectivity index (χ1n) is 21.6. The molecule has 0 saturated heterocycles. The summed E-state index contributed by atoms with van der Waals surface area (Å²) >= 11 is 23.4. The van der Waals surface area contributed by atoms with E-state index < -0.39 is 0 Å². The van der Waals surface area contributed by atoms with E-state index in [-0.39, 0.29) is 35.8 Å². The van der Waals surface area contributed by atoms with Crippen molar-refractivity contribution in [3.8, 4) is 0 Å². The van der Waals surface area contributed by atoms with Crippen molar-refractivity contribution in [2.24, 2.45) is 11.8 Å². The average molecular weight is 988 g/mol. The Kier molecular flexibility index (Phi) is 74.1. The highest BCUT2D eigenvalue weighted by molar-refractivity contribution is 7.81. The van der Waals surface area contributed by atoms with E-state index in [1.165, 1.54) is 39.2 Å². The lowest BCUT2D eigenvalue weighted by Gasteiger charge is -2.14. The maximum Gasteiger partial charge on any atom is 0.306 e. The monoisotopic (exact) mass is 986 g/mol. The van der Waals surface area contributed by atoms with Crippen molar-refractivity contribution in [1.82, 2.24) is 0 Å². The third-order valence-corrected chi connectivity index (χ3v) is 8.39. The van der Waals surface area contributed by atoms with Gasteiger partial charge < -0.3 is 28.4 Å². The lowest BCUT2D eigenvalue weighted by molar-refractivity contribution is -0.145. The lowest BCUT2D eigenvalue weighted by atomic mass is 10.0. The van der Waals surface area contributed by atoms with Crippen molar-refractivity contribution in [3.05, 3.63) is 0 Å². The van der Waals surface area contributed by atoms with Gasteiger partial charge >= 0.3 is 35.8 Å². The molecule has 0 rings (SSSR count). The van der Waals surface area contributed by atoms with Gasteiger partial charge in [0.2, 0.25) is 0 Å². The van der Waals surface area contributed by atoms with E-state index in [0.29, 0.717) is 118 Å². The first-order valence-corrected chi connectivity index (χ1v) is 25.4. The molecule has 0 bridgehead atoms. The van der Waals surface area contributed by atoms with E-state index in [0.717, 1.165) is 32.1 Å². The molecule has 61 heavy (non-hydrogen) atoms. The number of hydrogen-bond acceptors (Lipinski definition) is 18. The van der Waals surface area contributed by atoms with Gasteiger partial charge in [0.05, 0.1) is 78.7 Å².